The van der Waals surface area contributed by atoms with Gasteiger partial charge < -0.3 is 0 Å². The Labute approximate surface area is 107 Å². The van der Waals surface area contributed by atoms with Gasteiger partial charge in [-0.15, -0.1) is 0 Å². The molecule has 1 aromatic carbocycles. The molecular weight excluding hydrogens is 271 g/mol. The molecule has 0 aliphatic rings. The predicted molar refractivity (Wildman–Crippen MR) is 64.7 cm³/mol. The van der Waals surface area contributed by atoms with Crippen LogP contribution in [0.4, 0.5) is 4.39 Å². The molecule has 1 nitrogen and oxygen atoms in total. The predicted octanol–water partition coefficient (Wildman–Crippen LogP) is 4.85. The number of nitrogens with zero attached hydrogens (tertiary/aromatic N) is 1. The van der Waals surface area contributed by atoms with Gasteiger partial charge in [0.25, 0.3) is 0 Å². The number of pyridine rings is 1. The Morgan fingerprint density at radius 3 is 2.19 bits per heavy atom. The summed E-state index contributed by atoms with van der Waals surface area (Å²) >= 11 is 17.8. The first-order valence-corrected chi connectivity index (χ1v) is 5.48. The SMILES string of the molecule is Fc1ccnc(-c2c(Cl)cc(Cl)cc2Cl)c1. The van der Waals surface area contributed by atoms with Crippen molar-refractivity contribution >= 4 is 34.8 Å². The summed E-state index contributed by atoms with van der Waals surface area (Å²) in [6.07, 6.45) is 1.35. The van der Waals surface area contributed by atoms with Gasteiger partial charge >= 0.3 is 0 Å². The highest BCUT2D eigenvalue weighted by Gasteiger charge is 2.11. The molecule has 1 heterocycles. The minimum absolute atomic E-state index is 0.343. The first kappa shape index (κ1) is 11.6. The third-order valence-corrected chi connectivity index (χ3v) is 2.80. The molecule has 0 radical (unpaired) electrons. The van der Waals surface area contributed by atoms with Gasteiger partial charge in [-0.25, -0.2) is 4.39 Å². The molecule has 0 amide bonds. The van der Waals surface area contributed by atoms with E-state index in [9.17, 15) is 4.39 Å². The van der Waals surface area contributed by atoms with E-state index in [0.29, 0.717) is 26.3 Å². The van der Waals surface area contributed by atoms with Crippen molar-refractivity contribution in [2.45, 2.75) is 0 Å². The zero-order valence-electron chi connectivity index (χ0n) is 7.85. The van der Waals surface area contributed by atoms with Gasteiger partial charge in [0.15, 0.2) is 0 Å². The smallest absolute Gasteiger partial charge is 0.126 e. The van der Waals surface area contributed by atoms with E-state index in [2.05, 4.69) is 4.98 Å². The zero-order chi connectivity index (χ0) is 11.7. The maximum absolute atomic E-state index is 13.0. The van der Waals surface area contributed by atoms with E-state index < -0.39 is 5.82 Å². The standard InChI is InChI=1S/C11H5Cl3FN/c12-6-3-8(13)11(9(14)4-6)10-5-7(15)1-2-16-10/h1-5H. The normalized spacial score (nSPS) is 10.5. The van der Waals surface area contributed by atoms with Crippen LogP contribution >= 0.6 is 34.8 Å². The van der Waals surface area contributed by atoms with Crippen LogP contribution in [-0.4, -0.2) is 4.98 Å². The Hall–Kier alpha value is -0.830. The lowest BCUT2D eigenvalue weighted by molar-refractivity contribution is 0.626. The quantitative estimate of drug-likeness (QED) is 0.725. The van der Waals surface area contributed by atoms with Crippen molar-refractivity contribution in [2.24, 2.45) is 0 Å². The van der Waals surface area contributed by atoms with Gasteiger partial charge in [-0.1, -0.05) is 34.8 Å². The summed E-state index contributed by atoms with van der Waals surface area (Å²) < 4.78 is 13.0. The van der Waals surface area contributed by atoms with Gasteiger partial charge in [0, 0.05) is 22.8 Å². The number of hydrogen-bond acceptors (Lipinski definition) is 1. The highest BCUT2D eigenvalue weighted by molar-refractivity contribution is 6.41. The third-order valence-electron chi connectivity index (χ3n) is 1.99. The van der Waals surface area contributed by atoms with Crippen molar-refractivity contribution in [3.8, 4) is 11.3 Å². The van der Waals surface area contributed by atoms with Crippen molar-refractivity contribution in [1.29, 1.82) is 0 Å². The van der Waals surface area contributed by atoms with E-state index in [0.717, 1.165) is 0 Å². The fourth-order valence-electron chi connectivity index (χ4n) is 1.33. The van der Waals surface area contributed by atoms with Gasteiger partial charge in [0.05, 0.1) is 15.7 Å². The summed E-state index contributed by atoms with van der Waals surface area (Å²) in [5.41, 5.74) is 0.860. The molecule has 0 saturated heterocycles. The molecule has 0 fully saturated rings. The molecule has 0 unspecified atom stereocenters. The maximum Gasteiger partial charge on any atom is 0.126 e. The van der Waals surface area contributed by atoms with Crippen molar-refractivity contribution in [2.75, 3.05) is 0 Å². The van der Waals surface area contributed by atoms with E-state index in [-0.39, 0.29) is 0 Å². The molecule has 0 atom stereocenters. The molecule has 82 valence electrons. The minimum atomic E-state index is -0.396. The lowest BCUT2D eigenvalue weighted by Gasteiger charge is -2.06. The van der Waals surface area contributed by atoms with Crippen molar-refractivity contribution in [3.05, 3.63) is 51.3 Å². The third kappa shape index (κ3) is 2.29. The molecule has 2 aromatic rings. The molecule has 0 saturated carbocycles. The van der Waals surface area contributed by atoms with E-state index in [1.54, 1.807) is 0 Å². The number of hydrogen-bond donors (Lipinski definition) is 0. The van der Waals surface area contributed by atoms with Crippen molar-refractivity contribution in [3.63, 3.8) is 0 Å². The van der Waals surface area contributed by atoms with Gasteiger partial charge in [-0.2, -0.15) is 0 Å². The summed E-state index contributed by atoms with van der Waals surface area (Å²) in [7, 11) is 0. The summed E-state index contributed by atoms with van der Waals surface area (Å²) in [6, 6.07) is 5.59. The summed E-state index contributed by atoms with van der Waals surface area (Å²) in [4.78, 5) is 4.01. The van der Waals surface area contributed by atoms with E-state index >= 15 is 0 Å². The van der Waals surface area contributed by atoms with E-state index in [4.69, 9.17) is 34.8 Å². The second-order valence-corrected chi connectivity index (χ2v) is 4.35. The van der Waals surface area contributed by atoms with Gasteiger partial charge in [0.2, 0.25) is 0 Å². The molecule has 0 aliphatic carbocycles. The summed E-state index contributed by atoms with van der Waals surface area (Å²) in [6.45, 7) is 0. The summed E-state index contributed by atoms with van der Waals surface area (Å²) in [5.74, 6) is -0.396. The number of aromatic nitrogens is 1. The molecule has 16 heavy (non-hydrogen) atoms. The molecule has 0 bridgehead atoms. The number of halogens is 4. The van der Waals surface area contributed by atoms with Crippen LogP contribution in [0.5, 0.6) is 0 Å². The molecule has 5 heteroatoms. The lowest BCUT2D eigenvalue weighted by Crippen LogP contribution is -1.87. The second kappa shape index (κ2) is 4.58. The van der Waals surface area contributed by atoms with Crippen LogP contribution in [0.1, 0.15) is 0 Å². The Bertz CT molecular complexity index is 519. The lowest BCUT2D eigenvalue weighted by atomic mass is 10.1. The highest BCUT2D eigenvalue weighted by Crippen LogP contribution is 2.36. The van der Waals surface area contributed by atoms with Gasteiger partial charge in [-0.3, -0.25) is 4.98 Å². The second-order valence-electron chi connectivity index (χ2n) is 3.10. The van der Waals surface area contributed by atoms with Crippen LogP contribution in [0.25, 0.3) is 11.3 Å². The van der Waals surface area contributed by atoms with Crippen LogP contribution < -0.4 is 0 Å². The molecule has 0 spiro atoms. The van der Waals surface area contributed by atoms with Crippen molar-refractivity contribution in [1.82, 2.24) is 4.98 Å². The average Bonchev–Trinajstić information content (AvgIpc) is 2.15. The van der Waals surface area contributed by atoms with Crippen LogP contribution in [-0.2, 0) is 0 Å². The Morgan fingerprint density at radius 2 is 1.62 bits per heavy atom. The monoisotopic (exact) mass is 275 g/mol. The first-order chi connectivity index (χ1) is 7.58. The Morgan fingerprint density at radius 1 is 1.00 bits per heavy atom. The van der Waals surface area contributed by atoms with Crippen LogP contribution in [0.2, 0.25) is 15.1 Å². The van der Waals surface area contributed by atoms with E-state index in [1.165, 1.54) is 30.5 Å². The van der Waals surface area contributed by atoms with E-state index in [1.807, 2.05) is 0 Å². The largest absolute Gasteiger partial charge is 0.256 e. The van der Waals surface area contributed by atoms with Crippen molar-refractivity contribution < 1.29 is 4.39 Å². The van der Waals surface area contributed by atoms with Crippen LogP contribution in [0.3, 0.4) is 0 Å². The Kier molecular flexibility index (Phi) is 3.33. The molecule has 2 rings (SSSR count). The molecule has 0 N–H and O–H groups in total. The molecule has 1 aromatic heterocycles. The molecule has 0 aliphatic heterocycles. The minimum Gasteiger partial charge on any atom is -0.256 e. The van der Waals surface area contributed by atoms with Crippen LogP contribution in [0, 0.1) is 5.82 Å². The zero-order valence-corrected chi connectivity index (χ0v) is 10.1. The maximum atomic E-state index is 13.0. The average molecular weight is 277 g/mol. The highest BCUT2D eigenvalue weighted by atomic mass is 35.5. The Balaban J connectivity index is 2.64. The van der Waals surface area contributed by atoms with Crippen LogP contribution in [0.15, 0.2) is 30.5 Å². The number of benzene rings is 1. The van der Waals surface area contributed by atoms with Gasteiger partial charge in [-0.05, 0) is 18.2 Å². The van der Waals surface area contributed by atoms with Gasteiger partial charge in [0.1, 0.15) is 5.82 Å². The number of rotatable bonds is 1. The fraction of sp³-hybridized carbons (Fsp3) is 0. The first-order valence-electron chi connectivity index (χ1n) is 4.34. The topological polar surface area (TPSA) is 12.9 Å². The molecular formula is C11H5Cl3FN. The summed E-state index contributed by atoms with van der Waals surface area (Å²) in [5, 5.41) is 1.11. The fourth-order valence-corrected chi connectivity index (χ4v) is 2.34.